The Hall–Kier alpha value is -3.85. The van der Waals surface area contributed by atoms with Crippen molar-refractivity contribution in [2.75, 3.05) is 24.0 Å². The minimum atomic E-state index is -0.549. The van der Waals surface area contributed by atoms with Crippen LogP contribution in [0.2, 0.25) is 0 Å². The molecule has 2 N–H and O–H groups in total. The normalized spacial score (nSPS) is 11.7. The summed E-state index contributed by atoms with van der Waals surface area (Å²) in [6.07, 6.45) is 0. The summed E-state index contributed by atoms with van der Waals surface area (Å²) < 4.78 is 15.7. The van der Waals surface area contributed by atoms with Crippen molar-refractivity contribution >= 4 is 39.8 Å². The number of hydrogen-bond donors (Lipinski definition) is 2. The number of esters is 1. The molecule has 0 atom stereocenters. The molecule has 0 unspecified atom stereocenters. The number of ether oxygens (including phenoxy) is 3. The summed E-state index contributed by atoms with van der Waals surface area (Å²) in [6, 6.07) is 13.7. The van der Waals surface area contributed by atoms with Gasteiger partial charge in [0.25, 0.3) is 11.8 Å². The fourth-order valence-electron chi connectivity index (χ4n) is 3.19. The number of para-hydroxylation sites is 1. The van der Waals surface area contributed by atoms with Gasteiger partial charge in [-0.05, 0) is 49.7 Å². The van der Waals surface area contributed by atoms with Crippen molar-refractivity contribution in [1.29, 1.82) is 0 Å². The third-order valence-corrected chi connectivity index (χ3v) is 5.92. The molecule has 0 spiro atoms. The van der Waals surface area contributed by atoms with E-state index in [0.717, 1.165) is 11.3 Å². The molecule has 0 aliphatic carbocycles. The summed E-state index contributed by atoms with van der Waals surface area (Å²) in [5.41, 5.74) is 1.56. The lowest BCUT2D eigenvalue weighted by Gasteiger charge is -2.09. The molecule has 2 heterocycles. The second-order valence-electron chi connectivity index (χ2n) is 6.82. The minimum Gasteiger partial charge on any atom is -0.462 e. The number of rotatable bonds is 6. The van der Waals surface area contributed by atoms with Crippen LogP contribution in [0, 0.1) is 6.92 Å². The largest absolute Gasteiger partial charge is 0.462 e. The Morgan fingerprint density at radius 3 is 2.50 bits per heavy atom. The maximum absolute atomic E-state index is 13.1. The third kappa shape index (κ3) is 4.28. The zero-order valence-corrected chi connectivity index (χ0v) is 18.2. The van der Waals surface area contributed by atoms with Gasteiger partial charge in [-0.2, -0.15) is 0 Å². The lowest BCUT2D eigenvalue weighted by atomic mass is 10.1. The monoisotopic (exact) mass is 452 g/mol. The van der Waals surface area contributed by atoms with E-state index in [2.05, 4.69) is 10.6 Å². The standard InChI is InChI=1S/C23H20N2O6S/c1-3-29-23(28)19-13(2)18(21(27)24-15-7-5-4-6-8-15)22(32-19)25-20(26)14-9-10-16-17(11-14)31-12-30-16/h4-11H,3,12H2,1-2H3,(H,24,27)(H,25,26). The summed E-state index contributed by atoms with van der Waals surface area (Å²) in [7, 11) is 0. The van der Waals surface area contributed by atoms with Crippen molar-refractivity contribution in [1.82, 2.24) is 0 Å². The second-order valence-corrected chi connectivity index (χ2v) is 7.84. The Kier molecular flexibility index (Phi) is 6.09. The van der Waals surface area contributed by atoms with Gasteiger partial charge in [-0.15, -0.1) is 11.3 Å². The maximum atomic E-state index is 13.1. The van der Waals surface area contributed by atoms with Gasteiger partial charge in [0.2, 0.25) is 6.79 Å². The van der Waals surface area contributed by atoms with Crippen molar-refractivity contribution in [3.8, 4) is 11.5 Å². The SMILES string of the molecule is CCOC(=O)c1sc(NC(=O)c2ccc3c(c2)OCO3)c(C(=O)Nc2ccccc2)c1C. The molecule has 8 nitrogen and oxygen atoms in total. The van der Waals surface area contributed by atoms with E-state index < -0.39 is 17.8 Å². The predicted octanol–water partition coefficient (Wildman–Crippen LogP) is 4.47. The molecule has 32 heavy (non-hydrogen) atoms. The topological polar surface area (TPSA) is 103 Å². The number of anilines is 2. The van der Waals surface area contributed by atoms with Crippen LogP contribution in [0.4, 0.5) is 10.7 Å². The molecule has 1 aliphatic rings. The molecule has 0 radical (unpaired) electrons. The van der Waals surface area contributed by atoms with Gasteiger partial charge in [0.1, 0.15) is 9.88 Å². The van der Waals surface area contributed by atoms with Gasteiger partial charge in [0.05, 0.1) is 12.2 Å². The molecule has 164 valence electrons. The smallest absolute Gasteiger partial charge is 0.348 e. The number of nitrogens with one attached hydrogen (secondary N) is 2. The molecular formula is C23H20N2O6S. The van der Waals surface area contributed by atoms with E-state index in [-0.39, 0.29) is 28.8 Å². The first kappa shape index (κ1) is 21.4. The van der Waals surface area contributed by atoms with Crippen molar-refractivity contribution < 1.29 is 28.6 Å². The summed E-state index contributed by atoms with van der Waals surface area (Å²) in [4.78, 5) is 38.7. The Bertz CT molecular complexity index is 1190. The van der Waals surface area contributed by atoms with Crippen LogP contribution in [0.15, 0.2) is 48.5 Å². The summed E-state index contributed by atoms with van der Waals surface area (Å²) in [5.74, 6) is -0.419. The lowest BCUT2D eigenvalue weighted by molar-refractivity contribution is 0.0531. The quantitative estimate of drug-likeness (QED) is 0.535. The number of benzene rings is 2. The van der Waals surface area contributed by atoms with E-state index >= 15 is 0 Å². The maximum Gasteiger partial charge on any atom is 0.348 e. The second kappa shape index (κ2) is 9.11. The third-order valence-electron chi connectivity index (χ3n) is 4.73. The molecule has 0 saturated heterocycles. The van der Waals surface area contributed by atoms with Gasteiger partial charge in [0.15, 0.2) is 11.5 Å². The van der Waals surface area contributed by atoms with E-state index in [4.69, 9.17) is 14.2 Å². The highest BCUT2D eigenvalue weighted by molar-refractivity contribution is 7.18. The van der Waals surface area contributed by atoms with E-state index in [1.807, 2.05) is 6.07 Å². The molecule has 1 aromatic heterocycles. The van der Waals surface area contributed by atoms with E-state index in [0.29, 0.717) is 28.3 Å². The van der Waals surface area contributed by atoms with Crippen LogP contribution in [-0.4, -0.2) is 31.2 Å². The molecule has 2 aromatic carbocycles. The first-order valence-corrected chi connectivity index (χ1v) is 10.7. The lowest BCUT2D eigenvalue weighted by Crippen LogP contribution is -2.17. The first-order chi connectivity index (χ1) is 15.5. The number of carbonyl (C=O) groups excluding carboxylic acids is 3. The van der Waals surface area contributed by atoms with Crippen molar-refractivity contribution in [3.05, 3.63) is 70.1 Å². The molecule has 0 saturated carbocycles. The molecular weight excluding hydrogens is 432 g/mol. The summed E-state index contributed by atoms with van der Waals surface area (Å²) >= 11 is 0.998. The van der Waals surface area contributed by atoms with Crippen molar-refractivity contribution in [2.45, 2.75) is 13.8 Å². The van der Waals surface area contributed by atoms with E-state index in [9.17, 15) is 14.4 Å². The van der Waals surface area contributed by atoms with Crippen molar-refractivity contribution in [2.24, 2.45) is 0 Å². The van der Waals surface area contributed by atoms with Gasteiger partial charge in [-0.1, -0.05) is 18.2 Å². The van der Waals surface area contributed by atoms with Gasteiger partial charge in [-0.3, -0.25) is 9.59 Å². The Balaban J connectivity index is 1.66. The van der Waals surface area contributed by atoms with E-state index in [1.165, 1.54) is 0 Å². The zero-order chi connectivity index (χ0) is 22.7. The van der Waals surface area contributed by atoms with E-state index in [1.54, 1.807) is 56.3 Å². The number of fused-ring (bicyclic) bond motifs is 1. The first-order valence-electron chi connectivity index (χ1n) is 9.85. The number of carbonyl (C=O) groups is 3. The van der Waals surface area contributed by atoms with Crippen LogP contribution in [0.3, 0.4) is 0 Å². The summed E-state index contributed by atoms with van der Waals surface area (Å²) in [6.45, 7) is 3.64. The fraction of sp³-hybridized carbons (Fsp3) is 0.174. The highest BCUT2D eigenvalue weighted by Crippen LogP contribution is 2.36. The van der Waals surface area contributed by atoms with Gasteiger partial charge in [0, 0.05) is 11.3 Å². The van der Waals surface area contributed by atoms with Gasteiger partial charge >= 0.3 is 5.97 Å². The number of thiophene rings is 1. The van der Waals surface area contributed by atoms with Crippen LogP contribution < -0.4 is 20.1 Å². The molecule has 0 bridgehead atoms. The molecule has 0 fully saturated rings. The molecule has 2 amide bonds. The number of amides is 2. The summed E-state index contributed by atoms with van der Waals surface area (Å²) in [5, 5.41) is 5.81. The average molecular weight is 452 g/mol. The highest BCUT2D eigenvalue weighted by Gasteiger charge is 2.27. The number of hydrogen-bond acceptors (Lipinski definition) is 7. The fourth-order valence-corrected chi connectivity index (χ4v) is 4.29. The molecule has 3 aromatic rings. The molecule has 4 rings (SSSR count). The van der Waals surface area contributed by atoms with Crippen LogP contribution in [0.25, 0.3) is 0 Å². The Labute approximate surface area is 188 Å². The predicted molar refractivity (Wildman–Crippen MR) is 120 cm³/mol. The highest BCUT2D eigenvalue weighted by atomic mass is 32.1. The molecule has 1 aliphatic heterocycles. The van der Waals surface area contributed by atoms with Crippen LogP contribution in [0.5, 0.6) is 11.5 Å². The van der Waals surface area contributed by atoms with Gasteiger partial charge in [-0.25, -0.2) is 4.79 Å². The van der Waals surface area contributed by atoms with Gasteiger partial charge < -0.3 is 24.8 Å². The Morgan fingerprint density at radius 2 is 1.75 bits per heavy atom. The Morgan fingerprint density at radius 1 is 1.00 bits per heavy atom. The van der Waals surface area contributed by atoms with Crippen molar-refractivity contribution in [3.63, 3.8) is 0 Å². The average Bonchev–Trinajstić information content (AvgIpc) is 3.38. The minimum absolute atomic E-state index is 0.0945. The van der Waals surface area contributed by atoms with Crippen LogP contribution >= 0.6 is 11.3 Å². The zero-order valence-electron chi connectivity index (χ0n) is 17.4. The molecule has 9 heteroatoms. The van der Waals surface area contributed by atoms with Crippen LogP contribution in [0.1, 0.15) is 42.9 Å². The van der Waals surface area contributed by atoms with Crippen LogP contribution in [-0.2, 0) is 4.74 Å².